The molecule has 6 nitrogen and oxygen atoms in total. The van der Waals surface area contributed by atoms with E-state index in [-0.39, 0.29) is 27.7 Å². The summed E-state index contributed by atoms with van der Waals surface area (Å²) in [7, 11) is 1.15. The maximum Gasteiger partial charge on any atom is 0.339 e. The summed E-state index contributed by atoms with van der Waals surface area (Å²) >= 11 is 3.07. The zero-order valence-corrected chi connectivity index (χ0v) is 10.4. The molecule has 0 atom stereocenters. The van der Waals surface area contributed by atoms with Gasteiger partial charge in [-0.15, -0.1) is 0 Å². The molecule has 0 aliphatic rings. The molecule has 0 bridgehead atoms. The van der Waals surface area contributed by atoms with Crippen molar-refractivity contribution < 1.29 is 14.5 Å². The van der Waals surface area contributed by atoms with E-state index in [0.717, 1.165) is 7.11 Å². The molecule has 0 radical (unpaired) electrons. The molecule has 7 heteroatoms. The number of benzene rings is 1. The third kappa shape index (κ3) is 2.42. The van der Waals surface area contributed by atoms with Crippen molar-refractivity contribution in [2.75, 3.05) is 7.11 Å². The number of alkyl halides is 1. The number of nitrogens with zero attached hydrogens (tertiary/aromatic N) is 2. The third-order valence-electron chi connectivity index (χ3n) is 2.13. The number of methoxy groups -OCH3 is 1. The van der Waals surface area contributed by atoms with Crippen molar-refractivity contribution in [2.24, 2.45) is 0 Å². The highest BCUT2D eigenvalue weighted by Crippen LogP contribution is 2.28. The lowest BCUT2D eigenvalue weighted by Gasteiger charge is -2.07. The Bertz CT molecular complexity index is 522. The molecule has 0 aliphatic carbocycles. The Balaban J connectivity index is 3.61. The molecule has 0 aromatic heterocycles. The van der Waals surface area contributed by atoms with Gasteiger partial charge in [0, 0.05) is 11.4 Å². The fourth-order valence-electron chi connectivity index (χ4n) is 1.37. The van der Waals surface area contributed by atoms with E-state index in [4.69, 9.17) is 5.26 Å². The topological polar surface area (TPSA) is 93.2 Å². The highest BCUT2D eigenvalue weighted by molar-refractivity contribution is 9.08. The van der Waals surface area contributed by atoms with Crippen LogP contribution in [-0.2, 0) is 10.1 Å². The number of ether oxygens (including phenoxy) is 1. The van der Waals surface area contributed by atoms with Crippen LogP contribution in [0.3, 0.4) is 0 Å². The largest absolute Gasteiger partial charge is 0.465 e. The van der Waals surface area contributed by atoms with E-state index in [1.165, 1.54) is 12.1 Å². The molecule has 0 unspecified atom stereocenters. The molecule has 0 fully saturated rings. The smallest absolute Gasteiger partial charge is 0.339 e. The number of halogens is 1. The second-order valence-corrected chi connectivity index (χ2v) is 3.54. The van der Waals surface area contributed by atoms with Gasteiger partial charge in [-0.05, 0) is 6.07 Å². The minimum Gasteiger partial charge on any atom is -0.465 e. The number of nitro benzene ring substituents is 1. The summed E-state index contributed by atoms with van der Waals surface area (Å²) in [6.45, 7) is 0. The molecule has 0 N–H and O–H groups in total. The maximum absolute atomic E-state index is 11.5. The minimum absolute atomic E-state index is 0.0527. The molecule has 1 rings (SSSR count). The van der Waals surface area contributed by atoms with Gasteiger partial charge in [0.15, 0.2) is 0 Å². The normalized spacial score (nSPS) is 9.47. The number of esters is 1. The van der Waals surface area contributed by atoms with Gasteiger partial charge >= 0.3 is 5.97 Å². The summed E-state index contributed by atoms with van der Waals surface area (Å²) in [5.74, 6) is -0.764. The van der Waals surface area contributed by atoms with E-state index >= 15 is 0 Å². The second kappa shape index (κ2) is 5.41. The first-order chi connectivity index (χ1) is 8.06. The predicted molar refractivity (Wildman–Crippen MR) is 61.8 cm³/mol. The number of hydrogen-bond donors (Lipinski definition) is 0. The molecule has 88 valence electrons. The van der Waals surface area contributed by atoms with Gasteiger partial charge in [0.1, 0.15) is 6.07 Å². The van der Waals surface area contributed by atoms with Crippen LogP contribution in [-0.4, -0.2) is 18.0 Å². The summed E-state index contributed by atoms with van der Waals surface area (Å²) in [5, 5.41) is 19.7. The average molecular weight is 299 g/mol. The SMILES string of the molecule is COC(=O)c1c(C#N)ccc([N+](=O)[O-])c1CBr. The zero-order valence-electron chi connectivity index (χ0n) is 8.77. The van der Waals surface area contributed by atoms with E-state index in [1.54, 1.807) is 0 Å². The van der Waals surface area contributed by atoms with Gasteiger partial charge in [0.2, 0.25) is 0 Å². The van der Waals surface area contributed by atoms with Gasteiger partial charge < -0.3 is 4.74 Å². The molecule has 0 saturated heterocycles. The number of nitro groups is 1. The van der Waals surface area contributed by atoms with Crippen LogP contribution in [0.4, 0.5) is 5.69 Å². The summed E-state index contributed by atoms with van der Waals surface area (Å²) < 4.78 is 4.52. The molecule has 0 amide bonds. The molecule has 0 aliphatic heterocycles. The lowest BCUT2D eigenvalue weighted by atomic mass is 10.0. The monoisotopic (exact) mass is 298 g/mol. The lowest BCUT2D eigenvalue weighted by Crippen LogP contribution is -2.10. The summed E-state index contributed by atoms with van der Waals surface area (Å²) in [4.78, 5) is 21.7. The second-order valence-electron chi connectivity index (χ2n) is 2.98. The standard InChI is InChI=1S/C10H7BrN2O4/c1-17-10(14)9-6(5-12)2-3-8(13(15)16)7(9)4-11/h2-3H,4H2,1H3. The Morgan fingerprint density at radius 2 is 2.29 bits per heavy atom. The summed E-state index contributed by atoms with van der Waals surface area (Å²) in [5.41, 5.74) is -0.0971. The fourth-order valence-corrected chi connectivity index (χ4v) is 1.94. The van der Waals surface area contributed by atoms with Crippen LogP contribution in [0.1, 0.15) is 21.5 Å². The minimum atomic E-state index is -0.764. The van der Waals surface area contributed by atoms with E-state index in [9.17, 15) is 14.9 Å². The van der Waals surface area contributed by atoms with E-state index in [0.29, 0.717) is 0 Å². The summed E-state index contributed by atoms with van der Waals surface area (Å²) in [6, 6.07) is 4.24. The van der Waals surface area contributed by atoms with Crippen molar-refractivity contribution in [3.63, 3.8) is 0 Å². The van der Waals surface area contributed by atoms with Crippen molar-refractivity contribution in [1.82, 2.24) is 0 Å². The Labute approximate surface area is 105 Å². The first kappa shape index (κ1) is 13.1. The number of carbonyl (C=O) groups is 1. The molecule has 0 heterocycles. The van der Waals surface area contributed by atoms with Gasteiger partial charge in [-0.1, -0.05) is 15.9 Å². The van der Waals surface area contributed by atoms with Crippen LogP contribution in [0.25, 0.3) is 0 Å². The molecular formula is C10H7BrN2O4. The Morgan fingerprint density at radius 1 is 1.65 bits per heavy atom. The van der Waals surface area contributed by atoms with Crippen LogP contribution in [0, 0.1) is 21.4 Å². The van der Waals surface area contributed by atoms with E-state index in [1.807, 2.05) is 6.07 Å². The van der Waals surface area contributed by atoms with Gasteiger partial charge in [-0.3, -0.25) is 10.1 Å². The molecule has 1 aromatic carbocycles. The fraction of sp³-hybridized carbons (Fsp3) is 0.200. The first-order valence-corrected chi connectivity index (χ1v) is 5.53. The highest BCUT2D eigenvalue weighted by Gasteiger charge is 2.24. The van der Waals surface area contributed by atoms with Crippen molar-refractivity contribution in [1.29, 1.82) is 5.26 Å². The van der Waals surface area contributed by atoms with E-state index < -0.39 is 10.9 Å². The van der Waals surface area contributed by atoms with Crippen molar-refractivity contribution >= 4 is 27.6 Å². The van der Waals surface area contributed by atoms with Gasteiger partial charge in [-0.25, -0.2) is 4.79 Å². The number of hydrogen-bond acceptors (Lipinski definition) is 5. The van der Waals surface area contributed by atoms with E-state index in [2.05, 4.69) is 20.7 Å². The molecule has 0 spiro atoms. The molecule has 1 aromatic rings. The quantitative estimate of drug-likeness (QED) is 0.369. The van der Waals surface area contributed by atoms with Crippen molar-refractivity contribution in [3.05, 3.63) is 38.9 Å². The zero-order chi connectivity index (χ0) is 13.0. The van der Waals surface area contributed by atoms with Crippen LogP contribution in [0.15, 0.2) is 12.1 Å². The Hall–Kier alpha value is -1.94. The Morgan fingerprint density at radius 3 is 2.71 bits per heavy atom. The predicted octanol–water partition coefficient (Wildman–Crippen LogP) is 2.15. The van der Waals surface area contributed by atoms with Crippen LogP contribution in [0.5, 0.6) is 0 Å². The highest BCUT2D eigenvalue weighted by atomic mass is 79.9. The number of nitriles is 1. The van der Waals surface area contributed by atoms with Crippen molar-refractivity contribution in [3.8, 4) is 6.07 Å². The van der Waals surface area contributed by atoms with Crippen molar-refractivity contribution in [2.45, 2.75) is 5.33 Å². The molecule has 17 heavy (non-hydrogen) atoms. The third-order valence-corrected chi connectivity index (χ3v) is 2.69. The van der Waals surface area contributed by atoms with Gasteiger partial charge in [0.05, 0.1) is 28.7 Å². The Kier molecular flexibility index (Phi) is 4.17. The lowest BCUT2D eigenvalue weighted by molar-refractivity contribution is -0.385. The molecular weight excluding hydrogens is 292 g/mol. The number of carbonyl (C=O) groups excluding carboxylic acids is 1. The molecule has 0 saturated carbocycles. The average Bonchev–Trinajstić information content (AvgIpc) is 2.35. The van der Waals surface area contributed by atoms with Gasteiger partial charge in [0.25, 0.3) is 5.69 Å². The number of rotatable bonds is 3. The first-order valence-electron chi connectivity index (χ1n) is 4.41. The van der Waals surface area contributed by atoms with Crippen LogP contribution in [0.2, 0.25) is 0 Å². The van der Waals surface area contributed by atoms with Crippen LogP contribution < -0.4 is 0 Å². The van der Waals surface area contributed by atoms with Gasteiger partial charge in [-0.2, -0.15) is 5.26 Å². The maximum atomic E-state index is 11.5. The van der Waals surface area contributed by atoms with Crippen LogP contribution >= 0.6 is 15.9 Å². The summed E-state index contributed by atoms with van der Waals surface area (Å²) in [6.07, 6.45) is 0.